The molecule has 0 N–H and O–H groups in total. The van der Waals surface area contributed by atoms with Gasteiger partial charge < -0.3 is 9.32 Å². The average Bonchev–Trinajstić information content (AvgIpc) is 3.57. The summed E-state index contributed by atoms with van der Waals surface area (Å²) in [6, 6.07) is 28.4. The van der Waals surface area contributed by atoms with Crippen molar-refractivity contribution in [2.45, 2.75) is 37.7 Å². The number of oxazole rings is 1. The molecule has 2 heterocycles. The highest BCUT2D eigenvalue weighted by atomic mass is 32.2. The number of carbonyl (C=O) groups excluding carboxylic acids is 1. The largest absolute Gasteiger partial charge is 0.447 e. The molecule has 192 valence electrons. The quantitative estimate of drug-likeness (QED) is 0.207. The van der Waals surface area contributed by atoms with Gasteiger partial charge in [-0.05, 0) is 49.1 Å². The number of carbonyl (C=O) groups is 1. The van der Waals surface area contributed by atoms with E-state index >= 15 is 0 Å². The number of hydrogen-bond donors (Lipinski definition) is 0. The molecule has 5 aromatic rings. The van der Waals surface area contributed by atoms with Crippen LogP contribution in [0.15, 0.2) is 101 Å². The molecule has 8 heteroatoms. The maximum absolute atomic E-state index is 13.5. The highest BCUT2D eigenvalue weighted by Gasteiger charge is 2.21. The molecular weight excluding hydrogens is 494 g/mol. The Balaban J connectivity index is 1.29. The van der Waals surface area contributed by atoms with Gasteiger partial charge in [0, 0.05) is 18.8 Å². The van der Waals surface area contributed by atoms with Crippen LogP contribution in [0.3, 0.4) is 0 Å². The Bertz CT molecular complexity index is 1500. The maximum atomic E-state index is 13.5. The second-order valence-corrected chi connectivity index (χ2v) is 10.0. The lowest BCUT2D eigenvalue weighted by atomic mass is 10.1. The summed E-state index contributed by atoms with van der Waals surface area (Å²) in [6.07, 6.45) is 2.21. The van der Waals surface area contributed by atoms with Crippen LogP contribution in [0.1, 0.15) is 38.9 Å². The predicted molar refractivity (Wildman–Crippen MR) is 148 cm³/mol. The number of amides is 1. The average molecular weight is 524 g/mol. The zero-order valence-corrected chi connectivity index (χ0v) is 22.3. The van der Waals surface area contributed by atoms with Crippen LogP contribution in [0, 0.1) is 13.8 Å². The Morgan fingerprint density at radius 1 is 0.921 bits per heavy atom. The molecule has 5 rings (SSSR count). The molecule has 0 aliphatic carbocycles. The molecule has 0 unspecified atom stereocenters. The summed E-state index contributed by atoms with van der Waals surface area (Å²) in [5.41, 5.74) is 4.73. The Morgan fingerprint density at radius 3 is 2.39 bits per heavy atom. The number of benzene rings is 3. The lowest BCUT2D eigenvalue weighted by Gasteiger charge is -2.22. The summed E-state index contributed by atoms with van der Waals surface area (Å²) in [4.78, 5) is 19.9. The molecule has 0 bridgehead atoms. The van der Waals surface area contributed by atoms with Gasteiger partial charge in [-0.3, -0.25) is 9.36 Å². The minimum absolute atomic E-state index is 0.149. The fraction of sp³-hybridized carbons (Fsp3) is 0.200. The number of rotatable bonds is 10. The number of thioether (sulfide) groups is 1. The van der Waals surface area contributed by atoms with Crippen LogP contribution in [-0.2, 0) is 18.7 Å². The van der Waals surface area contributed by atoms with E-state index in [0.717, 1.165) is 34.2 Å². The van der Waals surface area contributed by atoms with Crippen LogP contribution in [-0.4, -0.2) is 37.1 Å². The third kappa shape index (κ3) is 6.20. The van der Waals surface area contributed by atoms with E-state index in [9.17, 15) is 4.79 Å². The highest BCUT2D eigenvalue weighted by molar-refractivity contribution is 7.98. The molecule has 0 aliphatic heterocycles. The molecule has 0 atom stereocenters. The summed E-state index contributed by atoms with van der Waals surface area (Å²) in [5, 5.41) is 9.34. The van der Waals surface area contributed by atoms with E-state index in [-0.39, 0.29) is 5.91 Å². The van der Waals surface area contributed by atoms with Crippen molar-refractivity contribution >= 4 is 17.7 Å². The van der Waals surface area contributed by atoms with E-state index in [0.29, 0.717) is 30.4 Å². The minimum atomic E-state index is -0.149. The summed E-state index contributed by atoms with van der Waals surface area (Å²) in [6.45, 7) is 5.07. The Kier molecular flexibility index (Phi) is 7.99. The SMILES string of the molecule is Cc1cccc(-n2c(C)nnc2SCc2nc(C(=O)N(CCc3ccccc3)Cc3ccccc3)co2)c1. The first-order chi connectivity index (χ1) is 18.6. The van der Waals surface area contributed by atoms with Crippen molar-refractivity contribution in [2.24, 2.45) is 0 Å². The normalized spacial score (nSPS) is 11.0. The molecule has 1 amide bonds. The molecule has 0 radical (unpaired) electrons. The fourth-order valence-corrected chi connectivity index (χ4v) is 5.08. The van der Waals surface area contributed by atoms with E-state index in [1.807, 2.05) is 77.1 Å². The van der Waals surface area contributed by atoms with E-state index < -0.39 is 0 Å². The van der Waals surface area contributed by atoms with Gasteiger partial charge in [0.2, 0.25) is 5.89 Å². The summed E-state index contributed by atoms with van der Waals surface area (Å²) in [5.74, 6) is 1.55. The van der Waals surface area contributed by atoms with Gasteiger partial charge in [-0.1, -0.05) is 84.6 Å². The van der Waals surface area contributed by atoms with E-state index in [2.05, 4.69) is 46.4 Å². The topological polar surface area (TPSA) is 77.1 Å². The molecule has 0 saturated carbocycles. The van der Waals surface area contributed by atoms with Crippen molar-refractivity contribution in [3.63, 3.8) is 0 Å². The second-order valence-electron chi connectivity index (χ2n) is 9.07. The van der Waals surface area contributed by atoms with E-state index in [1.165, 1.54) is 23.6 Å². The third-order valence-corrected chi connectivity index (χ3v) is 7.08. The molecule has 0 aliphatic rings. The van der Waals surface area contributed by atoms with Gasteiger partial charge in [0.25, 0.3) is 5.91 Å². The van der Waals surface area contributed by atoms with Crippen LogP contribution in [0.5, 0.6) is 0 Å². The van der Waals surface area contributed by atoms with Crippen LogP contribution >= 0.6 is 11.8 Å². The van der Waals surface area contributed by atoms with Crippen molar-refractivity contribution in [1.29, 1.82) is 0 Å². The van der Waals surface area contributed by atoms with E-state index in [1.54, 1.807) is 0 Å². The highest BCUT2D eigenvalue weighted by Crippen LogP contribution is 2.25. The molecule has 0 saturated heterocycles. The standard InChI is InChI=1S/C30H29N5O2S/c1-22-10-9-15-26(18-22)35-23(2)32-33-30(35)38-21-28-31-27(20-37-28)29(36)34(19-25-13-7-4-8-14-25)17-16-24-11-5-3-6-12-24/h3-15,18,20H,16-17,19,21H2,1-2H3. The van der Waals surface area contributed by atoms with Gasteiger partial charge in [-0.15, -0.1) is 10.2 Å². The van der Waals surface area contributed by atoms with Crippen molar-refractivity contribution in [2.75, 3.05) is 6.54 Å². The molecule has 0 spiro atoms. The predicted octanol–water partition coefficient (Wildman–Crippen LogP) is 6.05. The minimum Gasteiger partial charge on any atom is -0.447 e. The van der Waals surface area contributed by atoms with Crippen molar-refractivity contribution in [1.82, 2.24) is 24.6 Å². The van der Waals surface area contributed by atoms with Crippen LogP contribution < -0.4 is 0 Å². The number of hydrogen-bond acceptors (Lipinski definition) is 6. The molecule has 7 nitrogen and oxygen atoms in total. The van der Waals surface area contributed by atoms with Gasteiger partial charge in [0.1, 0.15) is 12.1 Å². The Hall–Kier alpha value is -4.17. The lowest BCUT2D eigenvalue weighted by Crippen LogP contribution is -2.32. The van der Waals surface area contributed by atoms with Gasteiger partial charge >= 0.3 is 0 Å². The Labute approximate surface area is 226 Å². The second kappa shape index (κ2) is 11.9. The number of nitrogens with zero attached hydrogens (tertiary/aromatic N) is 5. The monoisotopic (exact) mass is 523 g/mol. The lowest BCUT2D eigenvalue weighted by molar-refractivity contribution is 0.0739. The number of aryl methyl sites for hydroxylation is 2. The number of aromatic nitrogens is 4. The first-order valence-electron chi connectivity index (χ1n) is 12.5. The van der Waals surface area contributed by atoms with E-state index in [4.69, 9.17) is 4.42 Å². The van der Waals surface area contributed by atoms with Crippen molar-refractivity contribution in [3.05, 3.63) is 125 Å². The first kappa shape index (κ1) is 25.5. The van der Waals surface area contributed by atoms with Crippen molar-refractivity contribution < 1.29 is 9.21 Å². The van der Waals surface area contributed by atoms with Gasteiger partial charge in [0.05, 0.1) is 5.75 Å². The molecule has 3 aromatic carbocycles. The smallest absolute Gasteiger partial charge is 0.276 e. The molecular formula is C30H29N5O2S. The third-order valence-electron chi connectivity index (χ3n) is 6.17. The van der Waals surface area contributed by atoms with Crippen molar-refractivity contribution in [3.8, 4) is 5.69 Å². The zero-order chi connectivity index (χ0) is 26.3. The van der Waals surface area contributed by atoms with Gasteiger partial charge in [0.15, 0.2) is 10.9 Å². The molecule has 38 heavy (non-hydrogen) atoms. The maximum Gasteiger partial charge on any atom is 0.276 e. The van der Waals surface area contributed by atoms with Crippen LogP contribution in [0.4, 0.5) is 0 Å². The van der Waals surface area contributed by atoms with Crippen LogP contribution in [0.2, 0.25) is 0 Å². The van der Waals surface area contributed by atoms with Crippen LogP contribution in [0.25, 0.3) is 5.69 Å². The molecule has 2 aromatic heterocycles. The fourth-order valence-electron chi connectivity index (χ4n) is 4.23. The van der Waals surface area contributed by atoms with Gasteiger partial charge in [-0.25, -0.2) is 4.98 Å². The first-order valence-corrected chi connectivity index (χ1v) is 13.5. The molecule has 0 fully saturated rings. The summed E-state index contributed by atoms with van der Waals surface area (Å²) >= 11 is 1.47. The summed E-state index contributed by atoms with van der Waals surface area (Å²) < 4.78 is 7.72. The Morgan fingerprint density at radius 2 is 1.66 bits per heavy atom. The van der Waals surface area contributed by atoms with Gasteiger partial charge in [-0.2, -0.15) is 0 Å². The zero-order valence-electron chi connectivity index (χ0n) is 21.4. The summed E-state index contributed by atoms with van der Waals surface area (Å²) in [7, 11) is 0.